The van der Waals surface area contributed by atoms with Crippen LogP contribution in [0.4, 0.5) is 0 Å². The lowest BCUT2D eigenvalue weighted by Crippen LogP contribution is -2.39. The van der Waals surface area contributed by atoms with Crippen molar-refractivity contribution in [1.82, 2.24) is 10.6 Å². The average molecular weight is 392 g/mol. The van der Waals surface area contributed by atoms with Crippen LogP contribution in [0, 0.1) is 0 Å². The predicted octanol–water partition coefficient (Wildman–Crippen LogP) is 3.24. The topological polar surface area (TPSA) is 96.6 Å². The van der Waals surface area contributed by atoms with Gasteiger partial charge >= 0.3 is 0 Å². The number of carbonyl (C=O) groups is 1. The fourth-order valence-electron chi connectivity index (χ4n) is 3.16. The maximum absolute atomic E-state index is 11.7. The first-order valence-corrected chi connectivity index (χ1v) is 10.2. The zero-order valence-corrected chi connectivity index (χ0v) is 17.6. The molecule has 0 aliphatic carbocycles. The van der Waals surface area contributed by atoms with E-state index in [4.69, 9.17) is 10.5 Å². The van der Waals surface area contributed by atoms with Crippen LogP contribution in [0.5, 0.6) is 0 Å². The summed E-state index contributed by atoms with van der Waals surface area (Å²) in [6, 6.07) is 0.0166. The highest BCUT2D eigenvalue weighted by molar-refractivity contribution is 5.58. The lowest BCUT2D eigenvalue weighted by Gasteiger charge is -2.24. The third kappa shape index (κ3) is 7.90. The van der Waals surface area contributed by atoms with Gasteiger partial charge in [-0.1, -0.05) is 25.2 Å². The second-order valence-electron chi connectivity index (χ2n) is 7.13. The van der Waals surface area contributed by atoms with Gasteiger partial charge in [0.1, 0.15) is 18.7 Å². The van der Waals surface area contributed by atoms with Crippen LogP contribution in [0.2, 0.25) is 0 Å². The molecule has 2 atom stereocenters. The first-order valence-electron chi connectivity index (χ1n) is 10.2. The molecule has 5 N–H and O–H groups in total. The van der Waals surface area contributed by atoms with Gasteiger partial charge in [-0.25, -0.2) is 0 Å². The van der Waals surface area contributed by atoms with Crippen molar-refractivity contribution in [1.29, 1.82) is 0 Å². The molecule has 2 unspecified atom stereocenters. The second kappa shape index (κ2) is 13.2. The Morgan fingerprint density at radius 1 is 1.46 bits per heavy atom. The summed E-state index contributed by atoms with van der Waals surface area (Å²) < 4.78 is 5.48. The molecule has 0 amide bonds. The van der Waals surface area contributed by atoms with Crippen LogP contribution in [0.25, 0.3) is 0 Å². The van der Waals surface area contributed by atoms with Gasteiger partial charge in [-0.05, 0) is 64.1 Å². The van der Waals surface area contributed by atoms with Gasteiger partial charge in [-0.3, -0.25) is 0 Å². The number of ether oxygens (including phenoxy) is 1. The molecular formula is C22H37N3O3. The highest BCUT2D eigenvalue weighted by Crippen LogP contribution is 2.20. The number of allylic oxidation sites excluding steroid dienone is 5. The van der Waals surface area contributed by atoms with E-state index in [0.717, 1.165) is 43.4 Å². The van der Waals surface area contributed by atoms with E-state index in [1.807, 2.05) is 0 Å². The molecule has 0 radical (unpaired) electrons. The quantitative estimate of drug-likeness (QED) is 0.219. The molecule has 1 rings (SSSR count). The van der Waals surface area contributed by atoms with E-state index in [-0.39, 0.29) is 11.8 Å². The largest absolute Gasteiger partial charge is 0.509 e. The van der Waals surface area contributed by atoms with Crippen molar-refractivity contribution >= 4 is 6.29 Å². The lowest BCUT2D eigenvalue weighted by molar-refractivity contribution is -0.109. The van der Waals surface area contributed by atoms with Gasteiger partial charge in [0, 0.05) is 18.3 Å². The van der Waals surface area contributed by atoms with Gasteiger partial charge in [0.05, 0.1) is 6.04 Å². The minimum absolute atomic E-state index is 0.0916. The van der Waals surface area contributed by atoms with Crippen molar-refractivity contribution in [2.75, 3.05) is 19.7 Å². The molecule has 0 saturated carbocycles. The standard InChI is InChI=1S/C22H37N3O3/c1-5-16(3)22(20-8-7-12-24-20)25-19(15-26)10-9-18(6-2)14-21(17(4)27)28-13-11-23/h6,14-15,19-20,24-25,27H,2,5,7-13,23H2,1,3-4H3/b18-14+,21-17-,22-16-. The number of nitrogens with one attached hydrogen (secondary N) is 2. The zero-order valence-electron chi connectivity index (χ0n) is 17.6. The molecule has 1 fully saturated rings. The number of aldehydes is 1. The molecule has 0 aromatic heterocycles. The summed E-state index contributed by atoms with van der Waals surface area (Å²) in [6.45, 7) is 11.4. The van der Waals surface area contributed by atoms with Crippen LogP contribution in [-0.2, 0) is 9.53 Å². The molecule has 0 aromatic carbocycles. The molecule has 6 heteroatoms. The molecule has 0 aromatic rings. The third-order valence-corrected chi connectivity index (χ3v) is 4.96. The Balaban J connectivity index is 2.82. The van der Waals surface area contributed by atoms with Crippen molar-refractivity contribution in [3.05, 3.63) is 47.1 Å². The lowest BCUT2D eigenvalue weighted by atomic mass is 10.0. The van der Waals surface area contributed by atoms with E-state index in [1.54, 1.807) is 19.1 Å². The van der Waals surface area contributed by atoms with E-state index < -0.39 is 0 Å². The molecule has 1 saturated heterocycles. The fourth-order valence-corrected chi connectivity index (χ4v) is 3.16. The predicted molar refractivity (Wildman–Crippen MR) is 115 cm³/mol. The highest BCUT2D eigenvalue weighted by Gasteiger charge is 2.22. The van der Waals surface area contributed by atoms with Crippen LogP contribution >= 0.6 is 0 Å². The van der Waals surface area contributed by atoms with Gasteiger partial charge in [0.25, 0.3) is 0 Å². The molecule has 1 aliphatic heterocycles. The SMILES string of the molecule is C=C/C(=C\C(OCCN)=C(/C)O)CCC(C=O)N/C(=C(/C)CC)C1CCCN1. The van der Waals surface area contributed by atoms with Crippen molar-refractivity contribution in [2.45, 2.75) is 65.0 Å². The summed E-state index contributed by atoms with van der Waals surface area (Å²) in [5, 5.41) is 16.8. The molecule has 1 heterocycles. The molecular weight excluding hydrogens is 354 g/mol. The number of aliphatic hydroxyl groups is 1. The van der Waals surface area contributed by atoms with Crippen molar-refractivity contribution in [2.24, 2.45) is 5.73 Å². The summed E-state index contributed by atoms with van der Waals surface area (Å²) in [5.41, 5.74) is 8.79. The Bertz CT molecular complexity index is 598. The molecule has 1 aliphatic rings. The first kappa shape index (κ1) is 24.0. The van der Waals surface area contributed by atoms with Crippen LogP contribution in [0.3, 0.4) is 0 Å². The highest BCUT2D eigenvalue weighted by atomic mass is 16.5. The Morgan fingerprint density at radius 3 is 2.71 bits per heavy atom. The van der Waals surface area contributed by atoms with Crippen LogP contribution in [0.15, 0.2) is 47.1 Å². The fraction of sp³-hybridized carbons (Fsp3) is 0.591. The Hall–Kier alpha value is -2.05. The average Bonchev–Trinajstić information content (AvgIpc) is 3.23. The van der Waals surface area contributed by atoms with E-state index >= 15 is 0 Å². The number of rotatable bonds is 13. The molecule has 6 nitrogen and oxygen atoms in total. The van der Waals surface area contributed by atoms with Crippen molar-refractivity contribution in [3.63, 3.8) is 0 Å². The van der Waals surface area contributed by atoms with E-state index in [1.165, 1.54) is 5.57 Å². The van der Waals surface area contributed by atoms with Gasteiger partial charge in [-0.15, -0.1) is 0 Å². The van der Waals surface area contributed by atoms with Crippen molar-refractivity contribution < 1.29 is 14.6 Å². The zero-order chi connectivity index (χ0) is 20.9. The normalized spacial score (nSPS) is 20.1. The number of hydrogen-bond acceptors (Lipinski definition) is 6. The maximum Gasteiger partial charge on any atom is 0.156 e. The van der Waals surface area contributed by atoms with E-state index in [9.17, 15) is 9.90 Å². The Morgan fingerprint density at radius 2 is 2.21 bits per heavy atom. The molecule has 28 heavy (non-hydrogen) atoms. The number of aliphatic hydroxyl groups excluding tert-OH is 1. The summed E-state index contributed by atoms with van der Waals surface area (Å²) in [6.07, 6.45) is 8.91. The molecule has 0 bridgehead atoms. The summed E-state index contributed by atoms with van der Waals surface area (Å²) >= 11 is 0. The minimum atomic E-state index is -0.283. The molecule has 0 spiro atoms. The summed E-state index contributed by atoms with van der Waals surface area (Å²) in [4.78, 5) is 11.7. The van der Waals surface area contributed by atoms with Gasteiger partial charge in [-0.2, -0.15) is 0 Å². The Kier molecular flexibility index (Phi) is 11.3. The van der Waals surface area contributed by atoms with Gasteiger partial charge in [0.2, 0.25) is 0 Å². The number of carbonyl (C=O) groups excluding carboxylic acids is 1. The van der Waals surface area contributed by atoms with Crippen LogP contribution in [-0.4, -0.2) is 43.2 Å². The third-order valence-electron chi connectivity index (χ3n) is 4.96. The summed E-state index contributed by atoms with van der Waals surface area (Å²) in [7, 11) is 0. The van der Waals surface area contributed by atoms with E-state index in [2.05, 4.69) is 31.1 Å². The Labute approximate surface area is 169 Å². The van der Waals surface area contributed by atoms with Gasteiger partial charge < -0.3 is 31.0 Å². The van der Waals surface area contributed by atoms with Crippen LogP contribution in [0.1, 0.15) is 52.9 Å². The van der Waals surface area contributed by atoms with Crippen LogP contribution < -0.4 is 16.4 Å². The second-order valence-corrected chi connectivity index (χ2v) is 7.13. The minimum Gasteiger partial charge on any atom is -0.509 e. The number of hydrogen-bond donors (Lipinski definition) is 4. The number of nitrogens with two attached hydrogens (primary N) is 1. The van der Waals surface area contributed by atoms with Gasteiger partial charge in [0.15, 0.2) is 5.76 Å². The maximum atomic E-state index is 11.7. The smallest absolute Gasteiger partial charge is 0.156 e. The monoisotopic (exact) mass is 391 g/mol. The van der Waals surface area contributed by atoms with Crippen molar-refractivity contribution in [3.8, 4) is 0 Å². The summed E-state index contributed by atoms with van der Waals surface area (Å²) in [5.74, 6) is 0.475. The van der Waals surface area contributed by atoms with E-state index in [0.29, 0.717) is 37.8 Å². The first-order chi connectivity index (χ1) is 13.5. The molecule has 158 valence electrons.